The number of para-hydroxylation sites is 4. The van der Waals surface area contributed by atoms with Gasteiger partial charge in [-0.1, -0.05) is 115 Å². The first-order valence-corrected chi connectivity index (χ1v) is 21.4. The van der Waals surface area contributed by atoms with Crippen LogP contribution in [0, 0.1) is 0 Å². The van der Waals surface area contributed by atoms with Gasteiger partial charge in [-0.25, -0.2) is 0 Å². The average molecular weight is 773 g/mol. The van der Waals surface area contributed by atoms with Crippen molar-refractivity contribution in [2.45, 2.75) is 0 Å². The number of nitrogens with zero attached hydrogens (tertiary/aromatic N) is 2. The van der Waals surface area contributed by atoms with Gasteiger partial charge in [-0.15, -0.1) is 22.7 Å². The highest BCUT2D eigenvalue weighted by Crippen LogP contribution is 2.44. The van der Waals surface area contributed by atoms with Gasteiger partial charge in [0.2, 0.25) is 0 Å². The lowest BCUT2D eigenvalue weighted by atomic mass is 9.99. The molecule has 0 radical (unpaired) electrons. The summed E-state index contributed by atoms with van der Waals surface area (Å²) in [6.45, 7) is 0. The fraction of sp³-hybridized carbons (Fsp3) is 0. The summed E-state index contributed by atoms with van der Waals surface area (Å²) < 4.78 is 10.1. The van der Waals surface area contributed by atoms with Crippen LogP contribution in [0.1, 0.15) is 0 Å². The van der Waals surface area contributed by atoms with E-state index in [2.05, 4.69) is 203 Å². The quantitative estimate of drug-likeness (QED) is 0.169. The van der Waals surface area contributed by atoms with Crippen LogP contribution in [0.3, 0.4) is 0 Å². The maximum Gasteiger partial charge on any atom is 0.0619 e. The molecule has 0 unspecified atom stereocenters. The largest absolute Gasteiger partial charge is 0.309 e. The van der Waals surface area contributed by atoms with Crippen molar-refractivity contribution in [3.8, 4) is 33.6 Å². The van der Waals surface area contributed by atoms with E-state index in [1.165, 1.54) is 118 Å². The summed E-state index contributed by atoms with van der Waals surface area (Å²) in [5.74, 6) is 0. The van der Waals surface area contributed by atoms with Gasteiger partial charge < -0.3 is 9.13 Å². The minimum absolute atomic E-state index is 1.17. The normalized spacial score (nSPS) is 12.1. The first kappa shape index (κ1) is 32.1. The number of thiophene rings is 2. The van der Waals surface area contributed by atoms with E-state index < -0.39 is 0 Å². The van der Waals surface area contributed by atoms with Gasteiger partial charge in [0.1, 0.15) is 0 Å². The smallest absolute Gasteiger partial charge is 0.0619 e. The topological polar surface area (TPSA) is 9.86 Å². The van der Waals surface area contributed by atoms with Crippen LogP contribution in [0.15, 0.2) is 194 Å². The highest BCUT2D eigenvalue weighted by atomic mass is 32.1. The predicted octanol–water partition coefficient (Wildman–Crippen LogP) is 16.0. The maximum absolute atomic E-state index is 2.50. The molecular weight excluding hydrogens is 741 g/mol. The molecule has 4 heteroatoms. The first-order valence-electron chi connectivity index (χ1n) is 19.7. The molecule has 4 heterocycles. The van der Waals surface area contributed by atoms with Crippen molar-refractivity contribution >= 4 is 107 Å². The molecule has 0 amide bonds. The lowest BCUT2D eigenvalue weighted by Gasteiger charge is -2.12. The lowest BCUT2D eigenvalue weighted by molar-refractivity contribution is 1.19. The Bertz CT molecular complexity index is 3750. The van der Waals surface area contributed by atoms with E-state index in [1.807, 2.05) is 22.7 Å². The minimum Gasteiger partial charge on any atom is -0.309 e. The third-order valence-electron chi connectivity index (χ3n) is 12.1. The molecule has 0 N–H and O–H groups in total. The van der Waals surface area contributed by atoms with E-state index >= 15 is 0 Å². The Balaban J connectivity index is 1.02. The van der Waals surface area contributed by atoms with Crippen molar-refractivity contribution in [3.05, 3.63) is 194 Å². The molecule has 13 rings (SSSR count). The van der Waals surface area contributed by atoms with Gasteiger partial charge >= 0.3 is 0 Å². The molecule has 0 spiro atoms. The third-order valence-corrected chi connectivity index (χ3v) is 14.4. The van der Waals surface area contributed by atoms with Gasteiger partial charge in [-0.3, -0.25) is 0 Å². The summed E-state index contributed by atoms with van der Waals surface area (Å²) in [5, 5.41) is 10.3. The second-order valence-corrected chi connectivity index (χ2v) is 17.4. The van der Waals surface area contributed by atoms with Crippen LogP contribution in [0.4, 0.5) is 0 Å². The number of benzene rings is 9. The molecule has 4 aromatic heterocycles. The molecule has 58 heavy (non-hydrogen) atoms. The Labute approximate surface area is 341 Å². The predicted molar refractivity (Wildman–Crippen MR) is 252 cm³/mol. The molecule has 0 saturated heterocycles. The van der Waals surface area contributed by atoms with Crippen LogP contribution in [0.2, 0.25) is 0 Å². The molecule has 0 aliphatic carbocycles. The molecule has 0 aliphatic heterocycles. The first-order chi connectivity index (χ1) is 28.7. The molecule has 0 aliphatic rings. The van der Waals surface area contributed by atoms with Crippen LogP contribution < -0.4 is 0 Å². The van der Waals surface area contributed by atoms with E-state index in [0.717, 1.165) is 0 Å². The van der Waals surface area contributed by atoms with Gasteiger partial charge in [0.15, 0.2) is 0 Å². The number of fused-ring (bicyclic) bond motifs is 12. The summed E-state index contributed by atoms with van der Waals surface area (Å²) >= 11 is 3.75. The van der Waals surface area contributed by atoms with Crippen molar-refractivity contribution in [2.75, 3.05) is 0 Å². The Kier molecular flexibility index (Phi) is 6.79. The van der Waals surface area contributed by atoms with Crippen LogP contribution in [-0.4, -0.2) is 9.13 Å². The summed E-state index contributed by atoms with van der Waals surface area (Å²) in [6, 6.07) is 72.0. The van der Waals surface area contributed by atoms with Crippen molar-refractivity contribution in [2.24, 2.45) is 0 Å². The number of hydrogen-bond acceptors (Lipinski definition) is 2. The van der Waals surface area contributed by atoms with E-state index in [1.54, 1.807) is 0 Å². The Morgan fingerprint density at radius 2 is 0.724 bits per heavy atom. The highest BCUT2D eigenvalue weighted by molar-refractivity contribution is 7.26. The van der Waals surface area contributed by atoms with Gasteiger partial charge in [0.05, 0.1) is 22.1 Å². The molecule has 13 aromatic rings. The van der Waals surface area contributed by atoms with E-state index in [4.69, 9.17) is 0 Å². The fourth-order valence-electron chi connectivity index (χ4n) is 9.51. The van der Waals surface area contributed by atoms with Crippen LogP contribution in [0.25, 0.3) is 118 Å². The maximum atomic E-state index is 2.50. The Hall–Kier alpha value is -6.98. The van der Waals surface area contributed by atoms with Crippen LogP contribution in [0.5, 0.6) is 0 Å². The zero-order chi connectivity index (χ0) is 37.9. The fourth-order valence-corrected chi connectivity index (χ4v) is 11.6. The molecule has 2 nitrogen and oxygen atoms in total. The van der Waals surface area contributed by atoms with Gasteiger partial charge in [0.25, 0.3) is 0 Å². The second-order valence-electron chi connectivity index (χ2n) is 15.3. The zero-order valence-electron chi connectivity index (χ0n) is 31.2. The SMILES string of the molecule is c1ccc(-c2ccc3sc4ccc(-n5c6ccccc6c6cccc(-c7ccc8sc9ccc(-n%10c%11ccccc%11c%11ccccc%11%10)cc9c8c7)c65)cc4c3c2)cc1. The van der Waals surface area contributed by atoms with Crippen LogP contribution >= 0.6 is 22.7 Å². The molecule has 0 atom stereocenters. The molecule has 0 bridgehead atoms. The standard InChI is InChI=1S/C54H32N2S2/c1-2-11-33(12-3-1)34-21-25-50-43(29-34)46-32-37(24-28-53(46)57-50)56-49-20-9-6-15-41(49)42-17-10-16-38(54(42)56)35-22-26-51-44(30-35)45-31-36(23-27-52(45)58-51)55-47-18-7-4-13-39(47)40-14-5-8-19-48(40)55/h1-32H. The monoisotopic (exact) mass is 772 g/mol. The summed E-state index contributed by atoms with van der Waals surface area (Å²) in [5.41, 5.74) is 12.2. The number of aromatic nitrogens is 2. The van der Waals surface area contributed by atoms with Crippen LogP contribution in [-0.2, 0) is 0 Å². The minimum atomic E-state index is 1.17. The Morgan fingerprint density at radius 3 is 1.34 bits per heavy atom. The third kappa shape index (κ3) is 4.64. The van der Waals surface area contributed by atoms with Crippen molar-refractivity contribution in [1.82, 2.24) is 9.13 Å². The lowest BCUT2D eigenvalue weighted by Crippen LogP contribution is -1.95. The van der Waals surface area contributed by atoms with Crippen molar-refractivity contribution in [1.29, 1.82) is 0 Å². The summed E-state index contributed by atoms with van der Waals surface area (Å²) in [4.78, 5) is 0. The zero-order valence-corrected chi connectivity index (χ0v) is 32.8. The van der Waals surface area contributed by atoms with Gasteiger partial charge in [-0.05, 0) is 95.6 Å². The molecule has 270 valence electrons. The molecule has 0 fully saturated rings. The summed E-state index contributed by atoms with van der Waals surface area (Å²) in [7, 11) is 0. The highest BCUT2D eigenvalue weighted by Gasteiger charge is 2.19. The van der Waals surface area contributed by atoms with E-state index in [-0.39, 0.29) is 0 Å². The van der Waals surface area contributed by atoms with Gasteiger partial charge in [0, 0.05) is 78.8 Å². The summed E-state index contributed by atoms with van der Waals surface area (Å²) in [6.07, 6.45) is 0. The van der Waals surface area contributed by atoms with Crippen molar-refractivity contribution < 1.29 is 0 Å². The van der Waals surface area contributed by atoms with Gasteiger partial charge in [-0.2, -0.15) is 0 Å². The number of hydrogen-bond donors (Lipinski definition) is 0. The second kappa shape index (κ2) is 12.3. The number of rotatable bonds is 4. The molecular formula is C54H32N2S2. The molecule has 0 saturated carbocycles. The van der Waals surface area contributed by atoms with E-state index in [0.29, 0.717) is 0 Å². The average Bonchev–Trinajstić information content (AvgIpc) is 4.03. The Morgan fingerprint density at radius 1 is 0.276 bits per heavy atom. The molecule has 9 aromatic carbocycles. The van der Waals surface area contributed by atoms with E-state index in [9.17, 15) is 0 Å². The van der Waals surface area contributed by atoms with Crippen molar-refractivity contribution in [3.63, 3.8) is 0 Å².